The molecule has 0 aliphatic heterocycles. The normalized spacial score (nSPS) is 11.7. The fraction of sp³-hybridized carbons (Fsp3) is 0.333. The molecule has 0 saturated heterocycles. The van der Waals surface area contributed by atoms with Crippen LogP contribution < -0.4 is 4.72 Å². The highest BCUT2D eigenvalue weighted by Gasteiger charge is 2.21. The molecule has 18 heavy (non-hydrogen) atoms. The molecule has 2 heterocycles. The van der Waals surface area contributed by atoms with Crippen molar-refractivity contribution in [1.82, 2.24) is 14.8 Å². The van der Waals surface area contributed by atoms with Gasteiger partial charge >= 0.3 is 0 Å². The van der Waals surface area contributed by atoms with Crippen LogP contribution in [0.5, 0.6) is 0 Å². The number of aromatic nitrogens is 3. The predicted octanol–water partition coefficient (Wildman–Crippen LogP) is 2.12. The maximum atomic E-state index is 12.1. The Bertz CT molecular complexity index is 662. The third kappa shape index (κ3) is 2.65. The maximum Gasteiger partial charge on any atom is 0.273 e. The van der Waals surface area contributed by atoms with Crippen molar-refractivity contribution in [3.63, 3.8) is 0 Å². The molecule has 2 aromatic heterocycles. The Morgan fingerprint density at radius 1 is 1.56 bits per heavy atom. The zero-order valence-corrected chi connectivity index (χ0v) is 12.1. The van der Waals surface area contributed by atoms with Crippen molar-refractivity contribution in [2.24, 2.45) is 0 Å². The third-order valence-electron chi connectivity index (χ3n) is 2.18. The summed E-state index contributed by atoms with van der Waals surface area (Å²) in [4.78, 5) is 3.88. The maximum absolute atomic E-state index is 12.1. The molecule has 0 aromatic carbocycles. The van der Waals surface area contributed by atoms with Gasteiger partial charge in [-0.05, 0) is 13.8 Å². The standard InChI is InChI=1S/C9H11ClN4O2S2/c1-3-14-5-7(4-11-14)13-18(15,16)8-6(2)12-9(10)17-8/h4-5,13H,3H2,1-2H3. The van der Waals surface area contributed by atoms with Crippen LogP contribution in [0.25, 0.3) is 0 Å². The molecule has 0 aliphatic rings. The summed E-state index contributed by atoms with van der Waals surface area (Å²) >= 11 is 6.63. The lowest BCUT2D eigenvalue weighted by atomic mass is 10.6. The quantitative estimate of drug-likeness (QED) is 0.938. The van der Waals surface area contributed by atoms with Crippen molar-refractivity contribution < 1.29 is 8.42 Å². The van der Waals surface area contributed by atoms with E-state index in [0.717, 1.165) is 11.3 Å². The van der Waals surface area contributed by atoms with E-state index in [-0.39, 0.29) is 8.68 Å². The van der Waals surface area contributed by atoms with Crippen LogP contribution in [-0.2, 0) is 16.6 Å². The molecule has 98 valence electrons. The number of hydrogen-bond donors (Lipinski definition) is 1. The summed E-state index contributed by atoms with van der Waals surface area (Å²) in [7, 11) is -3.65. The molecule has 0 spiro atoms. The van der Waals surface area contributed by atoms with Crippen molar-refractivity contribution in [2.75, 3.05) is 4.72 Å². The Morgan fingerprint density at radius 2 is 2.28 bits per heavy atom. The molecule has 0 fully saturated rings. The van der Waals surface area contributed by atoms with Crippen LogP contribution in [0.4, 0.5) is 5.69 Å². The Labute approximate surface area is 114 Å². The zero-order valence-electron chi connectivity index (χ0n) is 9.71. The van der Waals surface area contributed by atoms with Gasteiger partial charge in [0.25, 0.3) is 10.0 Å². The van der Waals surface area contributed by atoms with Gasteiger partial charge in [0.2, 0.25) is 0 Å². The average molecular weight is 307 g/mol. The van der Waals surface area contributed by atoms with Gasteiger partial charge < -0.3 is 0 Å². The summed E-state index contributed by atoms with van der Waals surface area (Å²) in [6.07, 6.45) is 3.08. The van der Waals surface area contributed by atoms with Crippen LogP contribution in [-0.4, -0.2) is 23.2 Å². The largest absolute Gasteiger partial charge is 0.276 e. The monoisotopic (exact) mass is 306 g/mol. The molecule has 6 nitrogen and oxygen atoms in total. The smallest absolute Gasteiger partial charge is 0.273 e. The van der Waals surface area contributed by atoms with Crippen molar-refractivity contribution in [3.8, 4) is 0 Å². The van der Waals surface area contributed by atoms with Crippen LogP contribution in [0, 0.1) is 6.92 Å². The fourth-order valence-corrected chi connectivity index (χ4v) is 4.16. The number of anilines is 1. The number of rotatable bonds is 4. The van der Waals surface area contributed by atoms with Crippen LogP contribution in [0.2, 0.25) is 4.47 Å². The van der Waals surface area contributed by atoms with Gasteiger partial charge in [0.05, 0.1) is 17.6 Å². The SMILES string of the molecule is CCn1cc(NS(=O)(=O)c2sc(Cl)nc2C)cn1. The van der Waals surface area contributed by atoms with Gasteiger partial charge in [0, 0.05) is 12.7 Å². The van der Waals surface area contributed by atoms with Gasteiger partial charge in [-0.25, -0.2) is 13.4 Å². The second kappa shape index (κ2) is 4.87. The molecule has 2 aromatic rings. The summed E-state index contributed by atoms with van der Waals surface area (Å²) in [6.45, 7) is 4.19. The molecule has 9 heteroatoms. The first-order chi connectivity index (χ1) is 8.42. The highest BCUT2D eigenvalue weighted by molar-refractivity contribution is 7.94. The Balaban J connectivity index is 2.29. The van der Waals surface area contributed by atoms with E-state index in [1.54, 1.807) is 17.8 Å². The lowest BCUT2D eigenvalue weighted by molar-refractivity contribution is 0.602. The van der Waals surface area contributed by atoms with Crippen LogP contribution in [0.1, 0.15) is 12.6 Å². The highest BCUT2D eigenvalue weighted by atomic mass is 35.5. The fourth-order valence-electron chi connectivity index (χ4n) is 1.39. The van der Waals surface area contributed by atoms with E-state index in [0.29, 0.717) is 17.9 Å². The molecular formula is C9H11ClN4O2S2. The number of aryl methyl sites for hydroxylation is 2. The lowest BCUT2D eigenvalue weighted by Gasteiger charge is -2.03. The van der Waals surface area contributed by atoms with Crippen molar-refractivity contribution in [2.45, 2.75) is 24.6 Å². The minimum atomic E-state index is -3.65. The Kier molecular flexibility index (Phi) is 3.60. The minimum absolute atomic E-state index is 0.122. The Morgan fingerprint density at radius 3 is 2.78 bits per heavy atom. The van der Waals surface area contributed by atoms with Crippen molar-refractivity contribution in [3.05, 3.63) is 22.6 Å². The van der Waals surface area contributed by atoms with Crippen LogP contribution in [0.3, 0.4) is 0 Å². The average Bonchev–Trinajstić information content (AvgIpc) is 2.84. The van der Waals surface area contributed by atoms with Gasteiger partial charge in [0.15, 0.2) is 8.68 Å². The van der Waals surface area contributed by atoms with E-state index in [2.05, 4.69) is 14.8 Å². The molecule has 0 atom stereocenters. The van der Waals surface area contributed by atoms with Crippen molar-refractivity contribution >= 4 is 38.6 Å². The zero-order chi connectivity index (χ0) is 13.3. The molecule has 0 unspecified atom stereocenters. The van der Waals surface area contributed by atoms with Gasteiger partial charge in [-0.15, -0.1) is 0 Å². The van der Waals surface area contributed by atoms with E-state index >= 15 is 0 Å². The molecular weight excluding hydrogens is 296 g/mol. The first-order valence-corrected chi connectivity index (χ1v) is 7.78. The molecule has 0 amide bonds. The number of thiazole rings is 1. The minimum Gasteiger partial charge on any atom is -0.276 e. The van der Waals surface area contributed by atoms with Gasteiger partial charge in [-0.3, -0.25) is 9.40 Å². The lowest BCUT2D eigenvalue weighted by Crippen LogP contribution is -2.12. The Hall–Kier alpha value is -1.12. The molecule has 1 N–H and O–H groups in total. The van der Waals surface area contributed by atoms with E-state index in [1.165, 1.54) is 6.20 Å². The van der Waals surface area contributed by atoms with Crippen LogP contribution in [0.15, 0.2) is 16.6 Å². The first kappa shape index (κ1) is 13.3. The molecule has 0 bridgehead atoms. The van der Waals surface area contributed by atoms with E-state index in [9.17, 15) is 8.42 Å². The van der Waals surface area contributed by atoms with E-state index < -0.39 is 10.0 Å². The summed E-state index contributed by atoms with van der Waals surface area (Å²) < 4.78 is 28.6. The van der Waals surface area contributed by atoms with Gasteiger partial charge in [-0.2, -0.15) is 5.10 Å². The second-order valence-corrected chi connectivity index (χ2v) is 6.99. The second-order valence-electron chi connectivity index (χ2n) is 3.53. The van der Waals surface area contributed by atoms with Gasteiger partial charge in [-0.1, -0.05) is 22.9 Å². The number of nitrogens with one attached hydrogen (secondary N) is 1. The number of halogens is 1. The predicted molar refractivity (Wildman–Crippen MR) is 70.6 cm³/mol. The van der Waals surface area contributed by atoms with Crippen LogP contribution >= 0.6 is 22.9 Å². The van der Waals surface area contributed by atoms with Crippen molar-refractivity contribution in [1.29, 1.82) is 0 Å². The summed E-state index contributed by atoms with van der Waals surface area (Å²) in [5, 5.41) is 3.99. The first-order valence-electron chi connectivity index (χ1n) is 5.10. The molecule has 0 saturated carbocycles. The van der Waals surface area contributed by atoms with E-state index in [4.69, 9.17) is 11.6 Å². The third-order valence-corrected chi connectivity index (χ3v) is 5.43. The molecule has 2 rings (SSSR count). The molecule has 0 radical (unpaired) electrons. The number of nitrogens with zero attached hydrogens (tertiary/aromatic N) is 3. The summed E-state index contributed by atoms with van der Waals surface area (Å²) in [6, 6.07) is 0. The number of hydrogen-bond acceptors (Lipinski definition) is 5. The topological polar surface area (TPSA) is 76.9 Å². The number of sulfonamides is 1. The highest BCUT2D eigenvalue weighted by Crippen LogP contribution is 2.28. The van der Waals surface area contributed by atoms with E-state index in [1.807, 2.05) is 6.92 Å². The molecule has 0 aliphatic carbocycles. The summed E-state index contributed by atoms with van der Waals surface area (Å²) in [5.41, 5.74) is 0.807. The summed E-state index contributed by atoms with van der Waals surface area (Å²) in [5.74, 6) is 0. The van der Waals surface area contributed by atoms with Gasteiger partial charge in [0.1, 0.15) is 0 Å².